The molecule has 0 fully saturated rings. The molecule has 11 nitrogen and oxygen atoms in total. The molecule has 1 aromatic carbocycles. The van der Waals surface area contributed by atoms with Crippen LogP contribution in [0.2, 0.25) is 0 Å². The SMILES string of the molecule is CC(C)[C@H]1NC(=O)CCCN(C)C(=O)C[C@@H](C(=O)O)NC(=O)c2ccccc2OC[C@H](C)NC1=O. The highest BCUT2D eigenvalue weighted by Crippen LogP contribution is 2.19. The fourth-order valence-corrected chi connectivity index (χ4v) is 3.52. The van der Waals surface area contributed by atoms with Gasteiger partial charge in [0.15, 0.2) is 0 Å². The number of fused-ring (bicyclic) bond motifs is 1. The maximum Gasteiger partial charge on any atom is 0.326 e. The van der Waals surface area contributed by atoms with Gasteiger partial charge in [0.05, 0.1) is 18.0 Å². The number of hydrogen-bond donors (Lipinski definition) is 4. The number of benzene rings is 1. The Morgan fingerprint density at radius 3 is 2.46 bits per heavy atom. The number of amides is 4. The molecule has 11 heteroatoms. The van der Waals surface area contributed by atoms with Crippen LogP contribution in [0, 0.1) is 5.92 Å². The summed E-state index contributed by atoms with van der Waals surface area (Å²) in [5, 5.41) is 17.5. The molecular weight excluding hydrogens is 456 g/mol. The zero-order valence-electron chi connectivity index (χ0n) is 20.5. The highest BCUT2D eigenvalue weighted by Gasteiger charge is 2.28. The van der Waals surface area contributed by atoms with Crippen molar-refractivity contribution < 1.29 is 33.8 Å². The lowest BCUT2D eigenvalue weighted by Gasteiger charge is -2.24. The van der Waals surface area contributed by atoms with Gasteiger partial charge in [-0.15, -0.1) is 0 Å². The number of nitrogens with zero attached hydrogens (tertiary/aromatic N) is 1. The minimum absolute atomic E-state index is 0.0282. The van der Waals surface area contributed by atoms with Crippen LogP contribution in [-0.4, -0.2) is 77.9 Å². The Morgan fingerprint density at radius 2 is 1.80 bits per heavy atom. The molecule has 35 heavy (non-hydrogen) atoms. The summed E-state index contributed by atoms with van der Waals surface area (Å²) >= 11 is 0. The van der Waals surface area contributed by atoms with E-state index in [-0.39, 0.29) is 48.6 Å². The second kappa shape index (κ2) is 12.7. The largest absolute Gasteiger partial charge is 0.491 e. The number of carboxylic acid groups (broad SMARTS) is 1. The number of aliphatic carboxylic acids is 1. The number of ether oxygens (including phenoxy) is 1. The van der Waals surface area contributed by atoms with Gasteiger partial charge >= 0.3 is 5.97 Å². The van der Waals surface area contributed by atoms with Crippen LogP contribution < -0.4 is 20.7 Å². The molecule has 192 valence electrons. The molecule has 0 saturated heterocycles. The average molecular weight is 491 g/mol. The van der Waals surface area contributed by atoms with Gasteiger partial charge in [0.25, 0.3) is 5.91 Å². The molecule has 0 radical (unpaired) electrons. The topological polar surface area (TPSA) is 154 Å². The standard InChI is InChI=1S/C24H34N4O7/c1-14(2)21-23(32)25-15(3)13-35-18-9-6-5-8-16(18)22(31)26-17(24(33)34)12-20(30)28(4)11-7-10-19(29)27-21/h5-6,8-9,14-15,17,21H,7,10-13H2,1-4H3,(H,25,32)(H,26,31)(H,27,29)(H,33,34)/t15-,17-,21+/m0/s1. The third-order valence-electron chi connectivity index (χ3n) is 5.58. The highest BCUT2D eigenvalue weighted by atomic mass is 16.5. The van der Waals surface area contributed by atoms with Gasteiger partial charge in [-0.1, -0.05) is 26.0 Å². The predicted molar refractivity (Wildman–Crippen MR) is 127 cm³/mol. The van der Waals surface area contributed by atoms with E-state index in [1.54, 1.807) is 25.1 Å². The molecule has 1 aromatic rings. The molecule has 3 atom stereocenters. The zero-order chi connectivity index (χ0) is 26.1. The second-order valence-corrected chi connectivity index (χ2v) is 8.99. The molecule has 0 unspecified atom stereocenters. The van der Waals surface area contributed by atoms with Crippen molar-refractivity contribution in [1.29, 1.82) is 0 Å². The van der Waals surface area contributed by atoms with Crippen LogP contribution in [0.1, 0.15) is 50.4 Å². The van der Waals surface area contributed by atoms with Crippen LogP contribution >= 0.6 is 0 Å². The van der Waals surface area contributed by atoms with Crippen molar-refractivity contribution in [2.24, 2.45) is 5.92 Å². The number of carbonyl (C=O) groups excluding carboxylic acids is 4. The third-order valence-corrected chi connectivity index (χ3v) is 5.58. The Hall–Kier alpha value is -3.63. The van der Waals surface area contributed by atoms with Crippen LogP contribution in [0.4, 0.5) is 0 Å². The smallest absolute Gasteiger partial charge is 0.326 e. The first kappa shape index (κ1) is 27.6. The van der Waals surface area contributed by atoms with Crippen molar-refractivity contribution in [3.05, 3.63) is 29.8 Å². The molecule has 0 aromatic heterocycles. The molecule has 0 bridgehead atoms. The monoisotopic (exact) mass is 490 g/mol. The maximum absolute atomic E-state index is 12.8. The number of carbonyl (C=O) groups is 5. The summed E-state index contributed by atoms with van der Waals surface area (Å²) in [7, 11) is 1.50. The Labute approximate surface area is 204 Å². The van der Waals surface area contributed by atoms with Crippen molar-refractivity contribution in [1.82, 2.24) is 20.9 Å². The van der Waals surface area contributed by atoms with E-state index in [0.29, 0.717) is 6.42 Å². The van der Waals surface area contributed by atoms with E-state index in [4.69, 9.17) is 4.74 Å². The number of para-hydroxylation sites is 1. The fourth-order valence-electron chi connectivity index (χ4n) is 3.52. The van der Waals surface area contributed by atoms with Gasteiger partial charge in [0.2, 0.25) is 17.7 Å². The molecule has 0 spiro atoms. The molecular formula is C24H34N4O7. The Kier molecular flexibility index (Phi) is 10.0. The zero-order valence-corrected chi connectivity index (χ0v) is 20.5. The Bertz CT molecular complexity index is 950. The van der Waals surface area contributed by atoms with Crippen molar-refractivity contribution in [2.45, 2.75) is 58.2 Å². The van der Waals surface area contributed by atoms with Gasteiger partial charge < -0.3 is 30.7 Å². The van der Waals surface area contributed by atoms with Crippen molar-refractivity contribution in [3.8, 4) is 5.75 Å². The summed E-state index contributed by atoms with van der Waals surface area (Å²) in [6, 6.07) is 3.65. The van der Waals surface area contributed by atoms with Gasteiger partial charge in [0, 0.05) is 20.0 Å². The summed E-state index contributed by atoms with van der Waals surface area (Å²) in [5.41, 5.74) is 0.100. The quantitative estimate of drug-likeness (QED) is 0.472. The Balaban J connectivity index is 2.30. The van der Waals surface area contributed by atoms with Gasteiger partial charge in [-0.2, -0.15) is 0 Å². The normalized spacial score (nSPS) is 23.6. The number of hydrogen-bond acceptors (Lipinski definition) is 6. The van der Waals surface area contributed by atoms with E-state index >= 15 is 0 Å². The summed E-state index contributed by atoms with van der Waals surface area (Å²) in [6.07, 6.45) is -0.0406. The lowest BCUT2D eigenvalue weighted by atomic mass is 10.0. The van der Waals surface area contributed by atoms with Crippen LogP contribution in [0.15, 0.2) is 24.3 Å². The van der Waals surface area contributed by atoms with Crippen molar-refractivity contribution >= 4 is 29.6 Å². The predicted octanol–water partition coefficient (Wildman–Crippen LogP) is 0.536. The number of nitrogens with one attached hydrogen (secondary N) is 3. The van der Waals surface area contributed by atoms with E-state index in [1.165, 1.54) is 18.0 Å². The van der Waals surface area contributed by atoms with Gasteiger partial charge in [-0.3, -0.25) is 19.2 Å². The maximum atomic E-state index is 12.8. The molecule has 2 rings (SSSR count). The molecule has 4 N–H and O–H groups in total. The minimum atomic E-state index is -1.44. The first-order valence-corrected chi connectivity index (χ1v) is 11.6. The molecule has 1 heterocycles. The lowest BCUT2D eigenvalue weighted by molar-refractivity contribution is -0.142. The van der Waals surface area contributed by atoms with Crippen LogP contribution in [-0.2, 0) is 19.2 Å². The summed E-state index contributed by atoms with van der Waals surface area (Å²) < 4.78 is 5.75. The van der Waals surface area contributed by atoms with Crippen molar-refractivity contribution in [3.63, 3.8) is 0 Å². The number of carboxylic acids is 1. The fraction of sp³-hybridized carbons (Fsp3) is 0.542. The first-order chi connectivity index (χ1) is 16.5. The van der Waals surface area contributed by atoms with E-state index in [9.17, 15) is 29.1 Å². The molecule has 4 amide bonds. The second-order valence-electron chi connectivity index (χ2n) is 8.99. The van der Waals surface area contributed by atoms with Crippen LogP contribution in [0.25, 0.3) is 0 Å². The van der Waals surface area contributed by atoms with Crippen LogP contribution in [0.3, 0.4) is 0 Å². The van der Waals surface area contributed by atoms with Gasteiger partial charge in [-0.25, -0.2) is 4.79 Å². The third kappa shape index (κ3) is 8.27. The van der Waals surface area contributed by atoms with Gasteiger partial charge in [0.1, 0.15) is 24.4 Å². The minimum Gasteiger partial charge on any atom is -0.491 e. The summed E-state index contributed by atoms with van der Waals surface area (Å²) in [5.74, 6) is -3.19. The molecule has 0 aliphatic carbocycles. The highest BCUT2D eigenvalue weighted by molar-refractivity contribution is 5.99. The van der Waals surface area contributed by atoms with Gasteiger partial charge in [-0.05, 0) is 31.4 Å². The summed E-state index contributed by atoms with van der Waals surface area (Å²) in [4.78, 5) is 63.6. The van der Waals surface area contributed by atoms with Crippen molar-refractivity contribution in [2.75, 3.05) is 20.2 Å². The molecule has 1 aliphatic rings. The van der Waals surface area contributed by atoms with E-state index < -0.39 is 42.3 Å². The van der Waals surface area contributed by atoms with Crippen LogP contribution in [0.5, 0.6) is 5.75 Å². The van der Waals surface area contributed by atoms with E-state index in [2.05, 4.69) is 16.0 Å². The van der Waals surface area contributed by atoms with E-state index in [0.717, 1.165) is 0 Å². The van der Waals surface area contributed by atoms with E-state index in [1.807, 2.05) is 13.8 Å². The molecule has 1 aliphatic heterocycles. The first-order valence-electron chi connectivity index (χ1n) is 11.6. The molecule has 0 saturated carbocycles. The lowest BCUT2D eigenvalue weighted by Crippen LogP contribution is -2.52. The summed E-state index contributed by atoms with van der Waals surface area (Å²) in [6.45, 7) is 5.60. The number of rotatable bonds is 2. The Morgan fingerprint density at radius 1 is 1.11 bits per heavy atom. The average Bonchev–Trinajstić information content (AvgIpc) is 2.79.